The van der Waals surface area contributed by atoms with E-state index in [0.29, 0.717) is 18.5 Å². The van der Waals surface area contributed by atoms with Crippen LogP contribution in [0.25, 0.3) is 0 Å². The van der Waals surface area contributed by atoms with Gasteiger partial charge in [-0.1, -0.05) is 18.2 Å². The summed E-state index contributed by atoms with van der Waals surface area (Å²) >= 11 is 0. The fourth-order valence-electron chi connectivity index (χ4n) is 1.57. The van der Waals surface area contributed by atoms with Gasteiger partial charge in [0.2, 0.25) is 0 Å². The Hall–Kier alpha value is -1.35. The number of benzene rings is 1. The van der Waals surface area contributed by atoms with Crippen LogP contribution >= 0.6 is 0 Å². The van der Waals surface area contributed by atoms with E-state index in [1.807, 2.05) is 6.07 Å². The lowest BCUT2D eigenvalue weighted by Gasteiger charge is -2.08. The summed E-state index contributed by atoms with van der Waals surface area (Å²) in [6, 6.07) is 7.17. The molecule has 1 heterocycles. The zero-order chi connectivity index (χ0) is 9.26. The fourth-order valence-corrected chi connectivity index (χ4v) is 1.57. The normalized spacial score (nSPS) is 21.6. The van der Waals surface area contributed by atoms with Gasteiger partial charge in [0, 0.05) is 12.1 Å². The minimum absolute atomic E-state index is 0.0906. The summed E-state index contributed by atoms with van der Waals surface area (Å²) in [5, 5.41) is 12.4. The molecule has 2 N–H and O–H groups in total. The van der Waals surface area contributed by atoms with Crippen LogP contribution in [0, 0.1) is 0 Å². The van der Waals surface area contributed by atoms with Gasteiger partial charge >= 0.3 is 0 Å². The molecule has 1 aromatic rings. The highest BCUT2D eigenvalue weighted by molar-refractivity contribution is 5.96. The number of rotatable bonds is 0. The Morgan fingerprint density at radius 3 is 3.00 bits per heavy atom. The highest BCUT2D eigenvalue weighted by atomic mass is 16.3. The van der Waals surface area contributed by atoms with Gasteiger partial charge in [-0.25, -0.2) is 0 Å². The Morgan fingerprint density at radius 2 is 2.15 bits per heavy atom. The molecular weight excluding hydrogens is 166 g/mol. The van der Waals surface area contributed by atoms with Crippen LogP contribution in [0.15, 0.2) is 24.3 Å². The number of aliphatic hydroxyl groups is 1. The smallest absolute Gasteiger partial charge is 0.251 e. The van der Waals surface area contributed by atoms with Crippen molar-refractivity contribution in [3.05, 3.63) is 35.4 Å². The van der Waals surface area contributed by atoms with Gasteiger partial charge in [0.05, 0.1) is 6.10 Å². The minimum Gasteiger partial charge on any atom is -0.388 e. The van der Waals surface area contributed by atoms with Gasteiger partial charge in [-0.05, 0) is 18.1 Å². The molecule has 68 valence electrons. The molecule has 0 aromatic heterocycles. The van der Waals surface area contributed by atoms with Crippen LogP contribution < -0.4 is 5.32 Å². The highest BCUT2D eigenvalue weighted by Crippen LogP contribution is 2.22. The number of hydrogen-bond acceptors (Lipinski definition) is 2. The third-order valence-electron chi connectivity index (χ3n) is 2.27. The third-order valence-corrected chi connectivity index (χ3v) is 2.27. The lowest BCUT2D eigenvalue weighted by Crippen LogP contribution is -2.22. The molecule has 0 fully saturated rings. The quantitative estimate of drug-likeness (QED) is 0.617. The van der Waals surface area contributed by atoms with Gasteiger partial charge < -0.3 is 10.4 Å². The molecule has 1 unspecified atom stereocenters. The average Bonchev–Trinajstić information content (AvgIpc) is 2.29. The van der Waals surface area contributed by atoms with Crippen molar-refractivity contribution < 1.29 is 9.90 Å². The highest BCUT2D eigenvalue weighted by Gasteiger charge is 2.20. The average molecular weight is 177 g/mol. The SMILES string of the molecule is O=C1NCCC(O)c2ccccc21. The molecule has 0 bridgehead atoms. The van der Waals surface area contributed by atoms with E-state index in [4.69, 9.17) is 0 Å². The van der Waals surface area contributed by atoms with Gasteiger partial charge in [-0.3, -0.25) is 4.79 Å². The third kappa shape index (κ3) is 1.42. The summed E-state index contributed by atoms with van der Waals surface area (Å²) in [6.07, 6.45) is 0.0677. The molecule has 1 aromatic carbocycles. The molecule has 0 saturated carbocycles. The van der Waals surface area contributed by atoms with E-state index in [-0.39, 0.29) is 5.91 Å². The first-order valence-electron chi connectivity index (χ1n) is 4.34. The zero-order valence-electron chi connectivity index (χ0n) is 7.16. The maximum Gasteiger partial charge on any atom is 0.251 e. The molecular formula is C10H11NO2. The molecule has 0 aliphatic carbocycles. The number of amides is 1. The first kappa shape index (κ1) is 8.26. The van der Waals surface area contributed by atoms with E-state index in [2.05, 4.69) is 5.32 Å². The van der Waals surface area contributed by atoms with E-state index < -0.39 is 6.10 Å². The Morgan fingerprint density at radius 1 is 1.38 bits per heavy atom. The molecule has 0 spiro atoms. The van der Waals surface area contributed by atoms with E-state index >= 15 is 0 Å². The number of carbonyl (C=O) groups is 1. The van der Waals surface area contributed by atoms with E-state index in [1.54, 1.807) is 18.2 Å². The number of aliphatic hydroxyl groups excluding tert-OH is 1. The van der Waals surface area contributed by atoms with Crippen LogP contribution in [0.1, 0.15) is 28.4 Å². The molecule has 2 rings (SSSR count). The van der Waals surface area contributed by atoms with Gasteiger partial charge in [-0.2, -0.15) is 0 Å². The molecule has 3 nitrogen and oxygen atoms in total. The van der Waals surface area contributed by atoms with Gasteiger partial charge in [0.15, 0.2) is 0 Å². The standard InChI is InChI=1S/C10H11NO2/c12-9-5-6-11-10(13)8-4-2-1-3-7(8)9/h1-4,9,12H,5-6H2,(H,11,13). The van der Waals surface area contributed by atoms with Crippen molar-refractivity contribution in [3.8, 4) is 0 Å². The Balaban J connectivity index is 2.51. The molecule has 3 heteroatoms. The Labute approximate surface area is 76.4 Å². The van der Waals surface area contributed by atoms with E-state index in [0.717, 1.165) is 5.56 Å². The first-order valence-corrected chi connectivity index (χ1v) is 4.34. The predicted octanol–water partition coefficient (Wildman–Crippen LogP) is 0.853. The lowest BCUT2D eigenvalue weighted by molar-refractivity contribution is 0.0955. The molecule has 0 saturated heterocycles. The second-order valence-corrected chi connectivity index (χ2v) is 3.15. The van der Waals surface area contributed by atoms with Crippen LogP contribution in [0.4, 0.5) is 0 Å². The number of fused-ring (bicyclic) bond motifs is 1. The van der Waals surface area contributed by atoms with Gasteiger partial charge in [-0.15, -0.1) is 0 Å². The molecule has 1 aliphatic rings. The number of nitrogens with one attached hydrogen (secondary N) is 1. The second kappa shape index (κ2) is 3.18. The zero-order valence-corrected chi connectivity index (χ0v) is 7.16. The van der Waals surface area contributed by atoms with Gasteiger partial charge in [0.1, 0.15) is 0 Å². The summed E-state index contributed by atoms with van der Waals surface area (Å²) in [7, 11) is 0. The summed E-state index contributed by atoms with van der Waals surface area (Å²) in [5.74, 6) is -0.0906. The maximum absolute atomic E-state index is 11.4. The summed E-state index contributed by atoms with van der Waals surface area (Å²) < 4.78 is 0. The number of carbonyl (C=O) groups excluding carboxylic acids is 1. The van der Waals surface area contributed by atoms with Gasteiger partial charge in [0.25, 0.3) is 5.91 Å². The van der Waals surface area contributed by atoms with Crippen molar-refractivity contribution in [3.63, 3.8) is 0 Å². The van der Waals surface area contributed by atoms with Crippen molar-refractivity contribution in [2.45, 2.75) is 12.5 Å². The maximum atomic E-state index is 11.4. The van der Waals surface area contributed by atoms with E-state index in [1.165, 1.54) is 0 Å². The number of hydrogen-bond donors (Lipinski definition) is 2. The van der Waals surface area contributed by atoms with Crippen LogP contribution in [0.5, 0.6) is 0 Å². The van der Waals surface area contributed by atoms with Crippen molar-refractivity contribution in [1.29, 1.82) is 0 Å². The van der Waals surface area contributed by atoms with Crippen LogP contribution in [0.2, 0.25) is 0 Å². The molecule has 0 radical (unpaired) electrons. The molecule has 1 amide bonds. The molecule has 1 atom stereocenters. The van der Waals surface area contributed by atoms with Crippen molar-refractivity contribution in [2.24, 2.45) is 0 Å². The fraction of sp³-hybridized carbons (Fsp3) is 0.300. The first-order chi connectivity index (χ1) is 6.29. The monoisotopic (exact) mass is 177 g/mol. The lowest BCUT2D eigenvalue weighted by atomic mass is 10.0. The van der Waals surface area contributed by atoms with Crippen molar-refractivity contribution in [2.75, 3.05) is 6.54 Å². The Kier molecular flexibility index (Phi) is 2.02. The summed E-state index contributed by atoms with van der Waals surface area (Å²) in [5.41, 5.74) is 1.32. The minimum atomic E-state index is -0.518. The largest absolute Gasteiger partial charge is 0.388 e. The topological polar surface area (TPSA) is 49.3 Å². The molecule has 13 heavy (non-hydrogen) atoms. The van der Waals surface area contributed by atoms with E-state index in [9.17, 15) is 9.90 Å². The molecule has 1 aliphatic heterocycles. The second-order valence-electron chi connectivity index (χ2n) is 3.15. The summed E-state index contributed by atoms with van der Waals surface area (Å²) in [4.78, 5) is 11.4. The van der Waals surface area contributed by atoms with Crippen LogP contribution in [-0.4, -0.2) is 17.6 Å². The predicted molar refractivity (Wildman–Crippen MR) is 48.4 cm³/mol. The van der Waals surface area contributed by atoms with Crippen molar-refractivity contribution >= 4 is 5.91 Å². The summed E-state index contributed by atoms with van der Waals surface area (Å²) in [6.45, 7) is 0.536. The van der Waals surface area contributed by atoms with Crippen molar-refractivity contribution in [1.82, 2.24) is 5.32 Å². The Bertz CT molecular complexity index is 335. The van der Waals surface area contributed by atoms with Crippen LogP contribution in [0.3, 0.4) is 0 Å². The van der Waals surface area contributed by atoms with Crippen LogP contribution in [-0.2, 0) is 0 Å².